The highest BCUT2D eigenvalue weighted by atomic mass is 16.6. The van der Waals surface area contributed by atoms with Crippen LogP contribution in [0, 0.1) is 0 Å². The molecule has 56 heavy (non-hydrogen) atoms. The van der Waals surface area contributed by atoms with Crippen LogP contribution < -0.4 is 20.7 Å². The summed E-state index contributed by atoms with van der Waals surface area (Å²) in [7, 11) is 0. The van der Waals surface area contributed by atoms with Gasteiger partial charge in [0.05, 0.1) is 24.3 Å². The van der Waals surface area contributed by atoms with E-state index in [1.165, 1.54) is 24.3 Å². The molecule has 0 fully saturated rings. The maximum Gasteiger partial charge on any atom is 0.414 e. The predicted molar refractivity (Wildman–Crippen MR) is 207 cm³/mol. The van der Waals surface area contributed by atoms with Crippen LogP contribution >= 0.6 is 0 Å². The quantitative estimate of drug-likeness (QED) is 0.0524. The van der Waals surface area contributed by atoms with E-state index in [2.05, 4.69) is 20.9 Å². The Morgan fingerprint density at radius 1 is 0.625 bits per heavy atom. The Morgan fingerprint density at radius 3 is 1.61 bits per heavy atom. The lowest BCUT2D eigenvalue weighted by Gasteiger charge is -2.25. The summed E-state index contributed by atoms with van der Waals surface area (Å²) in [6, 6.07) is 11.4. The van der Waals surface area contributed by atoms with Gasteiger partial charge in [0, 0.05) is 0 Å². The molecule has 1 unspecified atom stereocenters. The number of hydrogen-bond donors (Lipinski definition) is 3. The van der Waals surface area contributed by atoms with E-state index < -0.39 is 71.1 Å². The zero-order chi connectivity index (χ0) is 42.5. The van der Waals surface area contributed by atoms with E-state index in [1.807, 2.05) is 0 Å². The number of aliphatic imine (C=N–C) groups is 1. The van der Waals surface area contributed by atoms with Gasteiger partial charge in [-0.1, -0.05) is 12.1 Å². The van der Waals surface area contributed by atoms with E-state index in [0.717, 1.165) is 5.56 Å². The lowest BCUT2D eigenvalue weighted by Crippen LogP contribution is -2.47. The Balaban J connectivity index is 1.96. The number of guanidine groups is 1. The van der Waals surface area contributed by atoms with Gasteiger partial charge in [0.15, 0.2) is 0 Å². The van der Waals surface area contributed by atoms with Crippen molar-refractivity contribution in [3.8, 4) is 5.75 Å². The van der Waals surface area contributed by atoms with Crippen LogP contribution in [0.15, 0.2) is 53.5 Å². The average molecular weight is 785 g/mol. The molecule has 0 saturated heterocycles. The summed E-state index contributed by atoms with van der Waals surface area (Å²) in [6.07, 6.45) is -2.06. The highest BCUT2D eigenvalue weighted by Gasteiger charge is 2.31. The van der Waals surface area contributed by atoms with Crippen LogP contribution in [-0.4, -0.2) is 77.2 Å². The van der Waals surface area contributed by atoms with Crippen molar-refractivity contribution in [2.45, 2.75) is 131 Å². The lowest BCUT2D eigenvalue weighted by molar-refractivity contribution is -0.164. The first-order chi connectivity index (χ1) is 25.7. The minimum absolute atomic E-state index is 0.0196. The van der Waals surface area contributed by atoms with Crippen molar-refractivity contribution in [2.24, 2.45) is 4.99 Å². The fourth-order valence-corrected chi connectivity index (χ4v) is 4.32. The van der Waals surface area contributed by atoms with Gasteiger partial charge in [-0.25, -0.2) is 29.0 Å². The molecule has 16 heteroatoms. The fourth-order valence-electron chi connectivity index (χ4n) is 4.32. The zero-order valence-corrected chi connectivity index (χ0v) is 34.4. The molecule has 2 aromatic rings. The topological polar surface area (TPSA) is 206 Å². The largest absolute Gasteiger partial charge is 0.460 e. The molecule has 0 heterocycles. The molecule has 2 rings (SSSR count). The molecule has 0 aliphatic heterocycles. The van der Waals surface area contributed by atoms with E-state index in [1.54, 1.807) is 107 Å². The summed E-state index contributed by atoms with van der Waals surface area (Å²) in [4.78, 5) is 79.4. The Morgan fingerprint density at radius 2 is 1.12 bits per heavy atom. The number of carbonyl (C=O) groups is 6. The van der Waals surface area contributed by atoms with E-state index >= 15 is 0 Å². The van der Waals surface area contributed by atoms with Gasteiger partial charge in [-0.15, -0.1) is 0 Å². The summed E-state index contributed by atoms with van der Waals surface area (Å²) < 4.78 is 31.9. The molecular weight excluding hydrogens is 728 g/mol. The minimum atomic E-state index is -1.30. The molecule has 2 aromatic carbocycles. The van der Waals surface area contributed by atoms with Crippen molar-refractivity contribution >= 4 is 47.8 Å². The van der Waals surface area contributed by atoms with Crippen molar-refractivity contribution < 1.29 is 57.2 Å². The maximum absolute atomic E-state index is 12.9. The molecule has 0 spiro atoms. The normalized spacial score (nSPS) is 12.2. The average Bonchev–Trinajstić information content (AvgIpc) is 3.00. The van der Waals surface area contributed by atoms with Gasteiger partial charge in [0.1, 0.15) is 34.2 Å². The van der Waals surface area contributed by atoms with Gasteiger partial charge >= 0.3 is 36.2 Å². The summed E-state index contributed by atoms with van der Waals surface area (Å²) in [5.74, 6) is -2.06. The minimum Gasteiger partial charge on any atom is -0.460 e. The van der Waals surface area contributed by atoms with Crippen molar-refractivity contribution in [1.29, 1.82) is 0 Å². The van der Waals surface area contributed by atoms with Crippen LogP contribution in [0.5, 0.6) is 5.75 Å². The number of nitrogens with one attached hydrogen (secondary N) is 3. The first-order valence-electron chi connectivity index (χ1n) is 18.0. The predicted octanol–water partition coefficient (Wildman–Crippen LogP) is 7.04. The third kappa shape index (κ3) is 20.1. The standard InChI is InChI=1S/C40H56N4O12/c1-37(2,3)53-30(45)24-29(32(47)54-38(4,5)6)42-34(48)51-23-13-14-25-15-21-28(22-16-25)52-31(46)26-17-19-27(20-18-26)41-33(43-35(49)55-39(7,8)9)44-36(50)56-40(10,11)12/h15-22,29H,13-14,23-24H2,1-12H3,(H,42,48)(H2,41,43,44,49,50). The second-order valence-corrected chi connectivity index (χ2v) is 16.6. The van der Waals surface area contributed by atoms with Crippen LogP contribution in [-0.2, 0) is 39.7 Å². The second kappa shape index (κ2) is 19.8. The van der Waals surface area contributed by atoms with E-state index in [0.29, 0.717) is 18.6 Å². The van der Waals surface area contributed by atoms with Crippen molar-refractivity contribution in [1.82, 2.24) is 16.0 Å². The first-order valence-corrected chi connectivity index (χ1v) is 18.0. The number of hydrogen-bond acceptors (Lipinski definition) is 13. The van der Waals surface area contributed by atoms with Gasteiger partial charge in [0.25, 0.3) is 0 Å². The molecule has 0 radical (unpaired) electrons. The van der Waals surface area contributed by atoms with Crippen molar-refractivity contribution in [3.05, 3.63) is 59.7 Å². The van der Waals surface area contributed by atoms with Crippen LogP contribution in [0.1, 0.15) is 112 Å². The summed E-state index contributed by atoms with van der Waals surface area (Å²) in [5.41, 5.74) is -1.84. The maximum atomic E-state index is 12.9. The number of amides is 3. The van der Waals surface area contributed by atoms with Crippen LogP contribution in [0.25, 0.3) is 0 Å². The number of alkyl carbamates (subject to hydrolysis) is 3. The monoisotopic (exact) mass is 784 g/mol. The number of rotatable bonds is 11. The van der Waals surface area contributed by atoms with Gasteiger partial charge < -0.3 is 33.7 Å². The van der Waals surface area contributed by atoms with E-state index in [-0.39, 0.29) is 23.8 Å². The van der Waals surface area contributed by atoms with Crippen molar-refractivity contribution in [3.63, 3.8) is 0 Å². The molecule has 3 N–H and O–H groups in total. The number of benzene rings is 2. The summed E-state index contributed by atoms with van der Waals surface area (Å²) in [5, 5.41) is 7.19. The number of esters is 3. The first kappa shape index (κ1) is 46.5. The van der Waals surface area contributed by atoms with Crippen molar-refractivity contribution in [2.75, 3.05) is 6.61 Å². The van der Waals surface area contributed by atoms with Gasteiger partial charge in [-0.05, 0) is 138 Å². The van der Waals surface area contributed by atoms with Gasteiger partial charge in [-0.2, -0.15) is 0 Å². The molecule has 0 aromatic heterocycles. The highest BCUT2D eigenvalue weighted by molar-refractivity contribution is 6.02. The SMILES string of the molecule is CC(C)(C)OC(=O)CC(NC(=O)OCCCc1ccc(OC(=O)c2ccc(N=C(NC(=O)OC(C)(C)C)NC(=O)OC(C)(C)C)cc2)cc1)C(=O)OC(C)(C)C. The smallest absolute Gasteiger partial charge is 0.414 e. The molecule has 16 nitrogen and oxygen atoms in total. The molecule has 0 aliphatic rings. The van der Waals surface area contributed by atoms with E-state index in [9.17, 15) is 28.8 Å². The van der Waals surface area contributed by atoms with Gasteiger partial charge in [-0.3, -0.25) is 15.4 Å². The molecular formula is C40H56N4O12. The third-order valence-corrected chi connectivity index (χ3v) is 6.33. The highest BCUT2D eigenvalue weighted by Crippen LogP contribution is 2.19. The number of ether oxygens (including phenoxy) is 6. The van der Waals surface area contributed by atoms with Crippen LogP contribution in [0.4, 0.5) is 20.1 Å². The Bertz CT molecular complexity index is 1680. The molecule has 3 amide bonds. The van der Waals surface area contributed by atoms with Gasteiger partial charge in [0.2, 0.25) is 5.96 Å². The second-order valence-electron chi connectivity index (χ2n) is 16.6. The molecule has 0 bridgehead atoms. The third-order valence-electron chi connectivity index (χ3n) is 6.33. The van der Waals surface area contributed by atoms with Crippen LogP contribution in [0.3, 0.4) is 0 Å². The Labute approximate surface area is 328 Å². The number of carbonyl (C=O) groups excluding carboxylic acids is 6. The zero-order valence-electron chi connectivity index (χ0n) is 34.4. The Kier molecular flexibility index (Phi) is 16.4. The summed E-state index contributed by atoms with van der Waals surface area (Å²) >= 11 is 0. The van der Waals surface area contributed by atoms with E-state index in [4.69, 9.17) is 28.4 Å². The lowest BCUT2D eigenvalue weighted by atomic mass is 10.1. The fraction of sp³-hybridized carbons (Fsp3) is 0.525. The number of nitrogens with zero attached hydrogens (tertiary/aromatic N) is 1. The molecule has 0 aliphatic carbocycles. The summed E-state index contributed by atoms with van der Waals surface area (Å²) in [6.45, 7) is 20.2. The Hall–Kier alpha value is -5.67. The molecule has 0 saturated carbocycles. The van der Waals surface area contributed by atoms with Crippen LogP contribution in [0.2, 0.25) is 0 Å². The molecule has 1 atom stereocenters. The molecule has 308 valence electrons. The number of aryl methyl sites for hydroxylation is 1.